The van der Waals surface area contributed by atoms with Gasteiger partial charge in [-0.25, -0.2) is 0 Å². The van der Waals surface area contributed by atoms with Gasteiger partial charge in [0, 0.05) is 33.2 Å². The van der Waals surface area contributed by atoms with Crippen LogP contribution in [0.5, 0.6) is 0 Å². The third-order valence-electron chi connectivity index (χ3n) is 16.0. The number of fused-ring (bicyclic) bond motifs is 10. The summed E-state index contributed by atoms with van der Waals surface area (Å²) >= 11 is 7.90. The molecular formula is C55H46ClN3. The zero-order valence-corrected chi connectivity index (χ0v) is 34.1. The summed E-state index contributed by atoms with van der Waals surface area (Å²) in [6.45, 7) is 2.15. The lowest BCUT2D eigenvalue weighted by Gasteiger charge is -2.69. The van der Waals surface area contributed by atoms with E-state index < -0.39 is 0 Å². The van der Waals surface area contributed by atoms with Crippen LogP contribution in [0.25, 0.3) is 27.5 Å². The van der Waals surface area contributed by atoms with Crippen LogP contribution >= 0.6 is 11.6 Å². The number of halogens is 1. The number of hydrogen-bond donors (Lipinski definition) is 0. The molecule has 1 aliphatic heterocycles. The van der Waals surface area contributed by atoms with E-state index in [1.54, 1.807) is 0 Å². The summed E-state index contributed by atoms with van der Waals surface area (Å²) in [7, 11) is 0. The number of para-hydroxylation sites is 4. The Hall–Kier alpha value is -5.77. The number of nitrogens with zero attached hydrogens (tertiary/aromatic N) is 3. The van der Waals surface area contributed by atoms with Crippen LogP contribution in [-0.4, -0.2) is 4.57 Å². The Labute approximate surface area is 351 Å². The van der Waals surface area contributed by atoms with Gasteiger partial charge in [0.1, 0.15) is 0 Å². The largest absolute Gasteiger partial charge is 0.309 e. The summed E-state index contributed by atoms with van der Waals surface area (Å²) in [5.74, 6) is 3.23. The molecule has 1 aromatic heterocycles. The van der Waals surface area contributed by atoms with Gasteiger partial charge in [0.25, 0.3) is 0 Å². The molecule has 5 aliphatic rings. The van der Waals surface area contributed by atoms with Crippen molar-refractivity contribution in [2.75, 3.05) is 9.80 Å². The van der Waals surface area contributed by atoms with Crippen molar-refractivity contribution in [3.8, 4) is 5.69 Å². The van der Waals surface area contributed by atoms with Crippen molar-refractivity contribution in [1.82, 2.24) is 4.57 Å². The normalized spacial score (nSPS) is 24.2. The Kier molecular flexibility index (Phi) is 7.16. The molecule has 5 unspecified atom stereocenters. The summed E-state index contributed by atoms with van der Waals surface area (Å²) < 4.78 is 2.38. The molecule has 0 saturated heterocycles. The first-order chi connectivity index (χ1) is 29.1. The van der Waals surface area contributed by atoms with Gasteiger partial charge < -0.3 is 14.4 Å². The summed E-state index contributed by atoms with van der Waals surface area (Å²) in [5, 5.41) is 3.26. The maximum Gasteiger partial charge on any atom is 0.0887 e. The molecule has 4 saturated carbocycles. The molecule has 2 spiro atoms. The second-order valence-corrected chi connectivity index (χ2v) is 18.7. The fourth-order valence-corrected chi connectivity index (χ4v) is 14.3. The predicted octanol–water partition coefficient (Wildman–Crippen LogP) is 15.1. The molecule has 59 heavy (non-hydrogen) atoms. The monoisotopic (exact) mass is 783 g/mol. The molecule has 2 heterocycles. The van der Waals surface area contributed by atoms with Crippen LogP contribution in [0, 0.1) is 36.0 Å². The number of hydrogen-bond acceptors (Lipinski definition) is 2. The molecule has 2 bridgehead atoms. The smallest absolute Gasteiger partial charge is 0.0887 e. The number of benzene rings is 7. The molecule has 288 valence electrons. The van der Waals surface area contributed by atoms with Crippen molar-refractivity contribution in [1.29, 1.82) is 0 Å². The number of anilines is 6. The van der Waals surface area contributed by atoms with E-state index in [1.165, 1.54) is 88.4 Å². The van der Waals surface area contributed by atoms with E-state index in [2.05, 4.69) is 185 Å². The SMILES string of the molecule is Cc1ccc(N(c2ccc(-n3c4ccccc4c4ccccc43)cc2)c2cccc(N3c4ccccc4C4(c5ccccc53)C3CCC5CCC6CC4C53C6)c2Cl)cc1. The van der Waals surface area contributed by atoms with E-state index in [-0.39, 0.29) is 5.41 Å². The first kappa shape index (κ1) is 34.1. The lowest BCUT2D eigenvalue weighted by Crippen LogP contribution is -2.66. The van der Waals surface area contributed by atoms with Gasteiger partial charge in [0.2, 0.25) is 0 Å². The zero-order valence-electron chi connectivity index (χ0n) is 33.4. The molecule has 4 heteroatoms. The molecule has 0 radical (unpaired) electrons. The minimum atomic E-state index is 0.0632. The van der Waals surface area contributed by atoms with Crippen molar-refractivity contribution in [2.45, 2.75) is 50.9 Å². The highest BCUT2D eigenvalue weighted by Crippen LogP contribution is 2.85. The fraction of sp³-hybridized carbons (Fsp3) is 0.236. The van der Waals surface area contributed by atoms with Crippen LogP contribution in [0.3, 0.4) is 0 Å². The molecule has 8 aromatic rings. The highest BCUT2D eigenvalue weighted by molar-refractivity contribution is 6.36. The minimum absolute atomic E-state index is 0.0632. The van der Waals surface area contributed by atoms with Gasteiger partial charge in [0.05, 0.1) is 38.8 Å². The topological polar surface area (TPSA) is 11.4 Å². The first-order valence-electron chi connectivity index (χ1n) is 21.8. The van der Waals surface area contributed by atoms with Crippen LogP contribution < -0.4 is 9.80 Å². The highest BCUT2D eigenvalue weighted by Gasteiger charge is 2.79. The van der Waals surface area contributed by atoms with Gasteiger partial charge in [-0.3, -0.25) is 0 Å². The Morgan fingerprint density at radius 3 is 1.81 bits per heavy atom. The maximum absolute atomic E-state index is 7.90. The molecule has 5 atom stereocenters. The molecule has 0 N–H and O–H groups in total. The summed E-state index contributed by atoms with van der Waals surface area (Å²) in [5.41, 5.74) is 15.1. The second-order valence-electron chi connectivity index (χ2n) is 18.3. The van der Waals surface area contributed by atoms with Crippen molar-refractivity contribution in [3.63, 3.8) is 0 Å². The van der Waals surface area contributed by atoms with Crippen molar-refractivity contribution in [3.05, 3.63) is 186 Å². The molecule has 0 amide bonds. The van der Waals surface area contributed by atoms with E-state index in [0.29, 0.717) is 17.3 Å². The Morgan fingerprint density at radius 2 is 1.14 bits per heavy atom. The zero-order chi connectivity index (χ0) is 39.0. The number of rotatable bonds is 5. The summed E-state index contributed by atoms with van der Waals surface area (Å²) in [6.07, 6.45) is 8.49. The van der Waals surface area contributed by atoms with Gasteiger partial charge in [-0.2, -0.15) is 0 Å². The van der Waals surface area contributed by atoms with Crippen molar-refractivity contribution < 1.29 is 0 Å². The van der Waals surface area contributed by atoms with E-state index >= 15 is 0 Å². The standard InChI is InChI=1S/C55H46ClN3/c1-35-21-26-38(27-22-35)57(39-28-30-40(31-29-39)58-45-15-6-2-11-41(45)42-12-3-7-16-46(42)58)49-19-10-20-50(53(49)56)59-47-17-8-4-13-43(47)55(44-14-5-9-18-48(44)59)51-32-25-37-24-23-36-33-52(55)54(37,51)34-36/h2-22,26-31,36-37,51-52H,23-25,32-34H2,1H3. The average Bonchev–Trinajstić information content (AvgIpc) is 3.90. The summed E-state index contributed by atoms with van der Waals surface area (Å²) in [4.78, 5) is 4.83. The Bertz CT molecular complexity index is 2880. The lowest BCUT2D eigenvalue weighted by molar-refractivity contribution is -0.117. The quantitative estimate of drug-likeness (QED) is 0.172. The van der Waals surface area contributed by atoms with E-state index in [1.807, 2.05) is 0 Å². The minimum Gasteiger partial charge on any atom is -0.309 e. The molecule has 3 nitrogen and oxygen atoms in total. The van der Waals surface area contributed by atoms with Crippen molar-refractivity contribution >= 4 is 67.5 Å². The van der Waals surface area contributed by atoms with E-state index in [0.717, 1.165) is 45.3 Å². The van der Waals surface area contributed by atoms with Gasteiger partial charge >= 0.3 is 0 Å². The van der Waals surface area contributed by atoms with Crippen LogP contribution in [0.1, 0.15) is 55.2 Å². The van der Waals surface area contributed by atoms with E-state index in [9.17, 15) is 0 Å². The third kappa shape index (κ3) is 4.39. The highest BCUT2D eigenvalue weighted by atomic mass is 35.5. The van der Waals surface area contributed by atoms with Crippen LogP contribution in [0.2, 0.25) is 5.02 Å². The maximum atomic E-state index is 7.90. The molecule has 7 aromatic carbocycles. The van der Waals surface area contributed by atoms with Crippen LogP contribution in [-0.2, 0) is 5.41 Å². The summed E-state index contributed by atoms with van der Waals surface area (Å²) in [6, 6.07) is 60.6. The second kappa shape index (κ2) is 12.4. The van der Waals surface area contributed by atoms with Crippen molar-refractivity contribution in [2.24, 2.45) is 29.1 Å². The number of aromatic nitrogens is 1. The molecule has 13 rings (SSSR count). The molecule has 4 fully saturated rings. The molecular weight excluding hydrogens is 738 g/mol. The van der Waals surface area contributed by atoms with Crippen LogP contribution in [0.4, 0.5) is 34.1 Å². The van der Waals surface area contributed by atoms with Gasteiger partial charge in [0.15, 0.2) is 0 Å². The predicted molar refractivity (Wildman–Crippen MR) is 245 cm³/mol. The number of aryl methyl sites for hydroxylation is 1. The Balaban J connectivity index is 0.961. The average molecular weight is 784 g/mol. The van der Waals surface area contributed by atoms with Crippen LogP contribution in [0.15, 0.2) is 164 Å². The Morgan fingerprint density at radius 1 is 0.559 bits per heavy atom. The lowest BCUT2D eigenvalue weighted by atomic mass is 9.35. The fourth-order valence-electron chi connectivity index (χ4n) is 14.0. The van der Waals surface area contributed by atoms with Gasteiger partial charge in [-0.15, -0.1) is 0 Å². The first-order valence-corrected chi connectivity index (χ1v) is 22.2. The third-order valence-corrected chi connectivity index (χ3v) is 16.3. The molecule has 4 aliphatic carbocycles. The van der Waals surface area contributed by atoms with Gasteiger partial charge in [-0.05, 0) is 152 Å². The van der Waals surface area contributed by atoms with E-state index in [4.69, 9.17) is 11.6 Å². The van der Waals surface area contributed by atoms with Gasteiger partial charge in [-0.1, -0.05) is 115 Å².